The molecule has 0 heterocycles. The van der Waals surface area contributed by atoms with Crippen LogP contribution in [0.25, 0.3) is 0 Å². The number of benzene rings is 1. The van der Waals surface area contributed by atoms with Gasteiger partial charge in [-0.3, -0.25) is 0 Å². The molecule has 0 atom stereocenters. The predicted molar refractivity (Wildman–Crippen MR) is 55.0 cm³/mol. The van der Waals surface area contributed by atoms with Crippen LogP contribution in [-0.4, -0.2) is 24.5 Å². The standard InChI is InChI=1S/C9H11N3O3/c1-15-7-2-3-8(13)6(4-7)5-11-12-9(10)14/h2-5,13H,1H3,(H3,10,12,14)/b11-5-. The van der Waals surface area contributed by atoms with Crippen LogP contribution < -0.4 is 15.9 Å². The van der Waals surface area contributed by atoms with Crippen molar-refractivity contribution in [3.8, 4) is 11.5 Å². The van der Waals surface area contributed by atoms with Crippen LogP contribution in [-0.2, 0) is 0 Å². The molecule has 0 aliphatic carbocycles. The van der Waals surface area contributed by atoms with Crippen molar-refractivity contribution in [2.24, 2.45) is 10.8 Å². The molecule has 0 aliphatic heterocycles. The van der Waals surface area contributed by atoms with Gasteiger partial charge in [-0.1, -0.05) is 0 Å². The maximum Gasteiger partial charge on any atom is 0.332 e. The number of carbonyl (C=O) groups is 1. The summed E-state index contributed by atoms with van der Waals surface area (Å²) in [6.07, 6.45) is 1.27. The van der Waals surface area contributed by atoms with Crippen LogP contribution in [0.3, 0.4) is 0 Å². The Morgan fingerprint density at radius 3 is 3.00 bits per heavy atom. The number of amides is 2. The maximum atomic E-state index is 10.3. The number of aromatic hydroxyl groups is 1. The number of carbonyl (C=O) groups excluding carboxylic acids is 1. The average Bonchev–Trinajstić information content (AvgIpc) is 2.20. The molecule has 0 aromatic heterocycles. The molecule has 0 unspecified atom stereocenters. The van der Waals surface area contributed by atoms with E-state index in [0.29, 0.717) is 11.3 Å². The Kier molecular flexibility index (Phi) is 3.50. The van der Waals surface area contributed by atoms with E-state index in [9.17, 15) is 9.90 Å². The average molecular weight is 209 g/mol. The van der Waals surface area contributed by atoms with Gasteiger partial charge in [0.25, 0.3) is 0 Å². The summed E-state index contributed by atoms with van der Waals surface area (Å²) in [4.78, 5) is 10.3. The van der Waals surface area contributed by atoms with Crippen LogP contribution in [0.2, 0.25) is 0 Å². The number of hydrogen-bond acceptors (Lipinski definition) is 4. The molecule has 0 saturated carbocycles. The summed E-state index contributed by atoms with van der Waals surface area (Å²) >= 11 is 0. The molecule has 6 heteroatoms. The number of methoxy groups -OCH3 is 1. The minimum absolute atomic E-state index is 0.0332. The van der Waals surface area contributed by atoms with Gasteiger partial charge in [-0.2, -0.15) is 5.10 Å². The highest BCUT2D eigenvalue weighted by molar-refractivity contribution is 5.85. The van der Waals surface area contributed by atoms with Crippen LogP contribution in [0.1, 0.15) is 5.56 Å². The summed E-state index contributed by atoms with van der Waals surface area (Å²) in [5.74, 6) is 0.610. The van der Waals surface area contributed by atoms with Crippen molar-refractivity contribution in [2.75, 3.05) is 7.11 Å². The van der Waals surface area contributed by atoms with E-state index >= 15 is 0 Å². The summed E-state index contributed by atoms with van der Waals surface area (Å²) in [6, 6.07) is 3.87. The van der Waals surface area contributed by atoms with Gasteiger partial charge in [0.1, 0.15) is 11.5 Å². The second kappa shape index (κ2) is 4.85. The fraction of sp³-hybridized carbons (Fsp3) is 0.111. The van der Waals surface area contributed by atoms with Gasteiger partial charge in [0.15, 0.2) is 0 Å². The normalized spacial score (nSPS) is 10.2. The van der Waals surface area contributed by atoms with Crippen molar-refractivity contribution in [3.05, 3.63) is 23.8 Å². The number of nitrogens with one attached hydrogen (secondary N) is 1. The molecule has 6 nitrogen and oxygen atoms in total. The molecular weight excluding hydrogens is 198 g/mol. The molecule has 0 radical (unpaired) electrons. The van der Waals surface area contributed by atoms with Crippen LogP contribution in [0, 0.1) is 0 Å². The first-order valence-electron chi connectivity index (χ1n) is 4.09. The largest absolute Gasteiger partial charge is 0.507 e. The minimum atomic E-state index is -0.770. The van der Waals surface area contributed by atoms with Gasteiger partial charge in [0.05, 0.1) is 13.3 Å². The molecule has 0 aliphatic rings. The first-order valence-corrected chi connectivity index (χ1v) is 4.09. The summed E-state index contributed by atoms with van der Waals surface area (Å²) in [5, 5.41) is 12.9. The molecule has 4 N–H and O–H groups in total. The Balaban J connectivity index is 2.83. The lowest BCUT2D eigenvalue weighted by Crippen LogP contribution is -2.24. The first-order chi connectivity index (χ1) is 7.13. The molecule has 1 aromatic carbocycles. The fourth-order valence-electron chi connectivity index (χ4n) is 0.928. The van der Waals surface area contributed by atoms with Gasteiger partial charge < -0.3 is 15.6 Å². The SMILES string of the molecule is COc1ccc(O)c(/C=N\NC(N)=O)c1. The number of primary amides is 1. The Labute approximate surface area is 86.4 Å². The highest BCUT2D eigenvalue weighted by Crippen LogP contribution is 2.20. The van der Waals surface area contributed by atoms with Crippen molar-refractivity contribution >= 4 is 12.2 Å². The molecule has 2 amide bonds. The fourth-order valence-corrected chi connectivity index (χ4v) is 0.928. The topological polar surface area (TPSA) is 96.9 Å². The number of rotatable bonds is 3. The Morgan fingerprint density at radius 1 is 1.67 bits per heavy atom. The molecule has 1 aromatic rings. The third-order valence-corrected chi connectivity index (χ3v) is 1.61. The molecule has 1 rings (SSSR count). The minimum Gasteiger partial charge on any atom is -0.507 e. The molecule has 0 spiro atoms. The van der Waals surface area contributed by atoms with E-state index in [1.165, 1.54) is 19.4 Å². The van der Waals surface area contributed by atoms with E-state index in [1.807, 2.05) is 5.43 Å². The Morgan fingerprint density at radius 2 is 2.40 bits per heavy atom. The first kappa shape index (κ1) is 10.8. The van der Waals surface area contributed by atoms with Crippen LogP contribution >= 0.6 is 0 Å². The number of urea groups is 1. The molecule has 0 saturated heterocycles. The summed E-state index contributed by atoms with van der Waals surface area (Å²) in [5.41, 5.74) is 7.23. The highest BCUT2D eigenvalue weighted by Gasteiger charge is 2.00. The number of hydrazone groups is 1. The molecular formula is C9H11N3O3. The summed E-state index contributed by atoms with van der Waals surface area (Å²) in [6.45, 7) is 0. The third kappa shape index (κ3) is 3.18. The van der Waals surface area contributed by atoms with E-state index in [0.717, 1.165) is 0 Å². The van der Waals surface area contributed by atoms with Gasteiger partial charge in [-0.25, -0.2) is 10.2 Å². The highest BCUT2D eigenvalue weighted by atomic mass is 16.5. The van der Waals surface area contributed by atoms with Gasteiger partial charge >= 0.3 is 6.03 Å². The van der Waals surface area contributed by atoms with Gasteiger partial charge in [-0.05, 0) is 18.2 Å². The van der Waals surface area contributed by atoms with E-state index in [2.05, 4.69) is 5.10 Å². The second-order valence-corrected chi connectivity index (χ2v) is 2.66. The van der Waals surface area contributed by atoms with Gasteiger partial charge in [0.2, 0.25) is 0 Å². The number of phenols is 1. The van der Waals surface area contributed by atoms with Crippen molar-refractivity contribution < 1.29 is 14.6 Å². The Hall–Kier alpha value is -2.24. The van der Waals surface area contributed by atoms with E-state index in [1.54, 1.807) is 12.1 Å². The summed E-state index contributed by atoms with van der Waals surface area (Å²) in [7, 11) is 1.51. The van der Waals surface area contributed by atoms with Crippen molar-refractivity contribution in [3.63, 3.8) is 0 Å². The summed E-state index contributed by atoms with van der Waals surface area (Å²) < 4.78 is 4.95. The number of nitrogens with two attached hydrogens (primary N) is 1. The third-order valence-electron chi connectivity index (χ3n) is 1.61. The second-order valence-electron chi connectivity index (χ2n) is 2.66. The zero-order valence-corrected chi connectivity index (χ0v) is 8.10. The molecule has 0 bridgehead atoms. The molecule has 80 valence electrons. The van der Waals surface area contributed by atoms with Crippen molar-refractivity contribution in [1.82, 2.24) is 5.43 Å². The van der Waals surface area contributed by atoms with Gasteiger partial charge in [-0.15, -0.1) is 0 Å². The van der Waals surface area contributed by atoms with Crippen molar-refractivity contribution in [2.45, 2.75) is 0 Å². The van der Waals surface area contributed by atoms with Crippen molar-refractivity contribution in [1.29, 1.82) is 0 Å². The maximum absolute atomic E-state index is 10.3. The van der Waals surface area contributed by atoms with E-state index < -0.39 is 6.03 Å². The molecule has 0 fully saturated rings. The Bertz CT molecular complexity index is 390. The zero-order valence-electron chi connectivity index (χ0n) is 8.10. The van der Waals surface area contributed by atoms with Crippen LogP contribution in [0.4, 0.5) is 4.79 Å². The molecule has 15 heavy (non-hydrogen) atoms. The number of phenolic OH excluding ortho intramolecular Hbond substituents is 1. The zero-order chi connectivity index (χ0) is 11.3. The lowest BCUT2D eigenvalue weighted by Gasteiger charge is -2.02. The van der Waals surface area contributed by atoms with Crippen LogP contribution in [0.15, 0.2) is 23.3 Å². The smallest absolute Gasteiger partial charge is 0.332 e. The number of nitrogens with zero attached hydrogens (tertiary/aromatic N) is 1. The van der Waals surface area contributed by atoms with Crippen LogP contribution in [0.5, 0.6) is 11.5 Å². The monoisotopic (exact) mass is 209 g/mol. The predicted octanol–water partition coefficient (Wildman–Crippen LogP) is 0.403. The van der Waals surface area contributed by atoms with E-state index in [-0.39, 0.29) is 5.75 Å². The number of hydrogen-bond donors (Lipinski definition) is 3. The quantitative estimate of drug-likeness (QED) is 0.496. The van der Waals surface area contributed by atoms with E-state index in [4.69, 9.17) is 10.5 Å². The lowest BCUT2D eigenvalue weighted by molar-refractivity contribution is 0.249. The van der Waals surface area contributed by atoms with Gasteiger partial charge in [0, 0.05) is 5.56 Å². The number of ether oxygens (including phenoxy) is 1. The lowest BCUT2D eigenvalue weighted by atomic mass is 10.2.